The van der Waals surface area contributed by atoms with Crippen LogP contribution < -0.4 is 5.32 Å². The summed E-state index contributed by atoms with van der Waals surface area (Å²) in [6, 6.07) is -0.0329. The van der Waals surface area contributed by atoms with E-state index in [1.807, 2.05) is 27.7 Å². The highest BCUT2D eigenvalue weighted by Gasteiger charge is 2.39. The number of nitrogens with zero attached hydrogens (tertiary/aromatic N) is 1. The molecule has 0 saturated carbocycles. The molecule has 1 N–H and O–H groups in total. The molecule has 4 nitrogen and oxygen atoms in total. The van der Waals surface area contributed by atoms with Crippen molar-refractivity contribution in [1.29, 1.82) is 0 Å². The van der Waals surface area contributed by atoms with Crippen LogP contribution in [0.1, 0.15) is 27.7 Å². The largest absolute Gasteiger partial charge is 0.366 e. The Morgan fingerprint density at radius 1 is 1.21 bits per heavy atom. The number of nitrogens with one attached hydrogen (secondary N) is 1. The minimum absolute atomic E-state index is 0.0329. The maximum absolute atomic E-state index is 11.5. The van der Waals surface area contributed by atoms with Gasteiger partial charge < -0.3 is 15.0 Å². The van der Waals surface area contributed by atoms with Crippen LogP contribution in [-0.2, 0) is 4.74 Å². The third kappa shape index (κ3) is 2.61. The summed E-state index contributed by atoms with van der Waals surface area (Å²) < 4.78 is 5.86. The lowest BCUT2D eigenvalue weighted by atomic mass is 9.99. The molecule has 0 aromatic rings. The molecule has 1 aliphatic rings. The maximum atomic E-state index is 11.5. The van der Waals surface area contributed by atoms with Gasteiger partial charge in [-0.15, -0.1) is 0 Å². The van der Waals surface area contributed by atoms with Gasteiger partial charge in [-0.25, -0.2) is 4.79 Å². The van der Waals surface area contributed by atoms with Crippen molar-refractivity contribution in [2.45, 2.75) is 38.9 Å². The van der Waals surface area contributed by atoms with Gasteiger partial charge in [-0.05, 0) is 27.7 Å². The predicted octanol–water partition coefficient (Wildman–Crippen LogP) is 1.22. The molecule has 0 aromatic heterocycles. The minimum atomic E-state index is -0.270. The van der Waals surface area contributed by atoms with Crippen LogP contribution in [0.2, 0.25) is 0 Å². The summed E-state index contributed by atoms with van der Waals surface area (Å²) >= 11 is 0. The second kappa shape index (κ2) is 3.42. The van der Waals surface area contributed by atoms with Gasteiger partial charge in [-0.1, -0.05) is 0 Å². The van der Waals surface area contributed by atoms with Crippen molar-refractivity contribution in [2.75, 3.05) is 20.1 Å². The first-order valence-electron chi connectivity index (χ1n) is 4.93. The molecule has 1 aliphatic heterocycles. The van der Waals surface area contributed by atoms with Gasteiger partial charge in [-0.3, -0.25) is 0 Å². The Balaban J connectivity index is 2.76. The van der Waals surface area contributed by atoms with Crippen molar-refractivity contribution < 1.29 is 9.53 Å². The van der Waals surface area contributed by atoms with Gasteiger partial charge in [-0.2, -0.15) is 0 Å². The van der Waals surface area contributed by atoms with Crippen molar-refractivity contribution in [3.8, 4) is 0 Å². The highest BCUT2D eigenvalue weighted by atomic mass is 16.5. The van der Waals surface area contributed by atoms with Gasteiger partial charge >= 0.3 is 6.03 Å². The highest BCUT2D eigenvalue weighted by molar-refractivity contribution is 5.74. The number of urea groups is 1. The Kier molecular flexibility index (Phi) is 2.76. The molecule has 1 fully saturated rings. The molecule has 1 rings (SSSR count). The number of rotatable bonds is 0. The molecule has 0 aromatic carbocycles. The maximum Gasteiger partial charge on any atom is 0.317 e. The van der Waals surface area contributed by atoms with E-state index < -0.39 is 0 Å². The highest BCUT2D eigenvalue weighted by Crippen LogP contribution is 2.27. The summed E-state index contributed by atoms with van der Waals surface area (Å²) in [6.07, 6.45) is 0. The first-order valence-corrected chi connectivity index (χ1v) is 4.93. The minimum Gasteiger partial charge on any atom is -0.366 e. The van der Waals surface area contributed by atoms with Crippen LogP contribution in [0.5, 0.6) is 0 Å². The number of amides is 2. The SMILES string of the molecule is CNC(=O)N1CC(C)(C)OC(C)(C)C1. The van der Waals surface area contributed by atoms with Gasteiger partial charge in [0, 0.05) is 7.05 Å². The topological polar surface area (TPSA) is 41.6 Å². The van der Waals surface area contributed by atoms with E-state index in [-0.39, 0.29) is 17.2 Å². The van der Waals surface area contributed by atoms with E-state index in [1.165, 1.54) is 0 Å². The zero-order valence-electron chi connectivity index (χ0n) is 9.68. The van der Waals surface area contributed by atoms with E-state index in [0.29, 0.717) is 13.1 Å². The van der Waals surface area contributed by atoms with Crippen LogP contribution in [-0.4, -0.2) is 42.3 Å². The van der Waals surface area contributed by atoms with Crippen LogP contribution in [0.25, 0.3) is 0 Å². The smallest absolute Gasteiger partial charge is 0.317 e. The van der Waals surface area contributed by atoms with Crippen LogP contribution in [0.3, 0.4) is 0 Å². The van der Waals surface area contributed by atoms with Crippen molar-refractivity contribution in [2.24, 2.45) is 0 Å². The quantitative estimate of drug-likeness (QED) is 0.638. The molecule has 0 aliphatic carbocycles. The van der Waals surface area contributed by atoms with Crippen molar-refractivity contribution >= 4 is 6.03 Å². The molecule has 0 atom stereocenters. The number of carbonyl (C=O) groups is 1. The van der Waals surface area contributed by atoms with Gasteiger partial charge in [0.25, 0.3) is 0 Å². The van der Waals surface area contributed by atoms with Gasteiger partial charge in [0.15, 0.2) is 0 Å². The molecule has 0 radical (unpaired) electrons. The predicted molar refractivity (Wildman–Crippen MR) is 55.3 cm³/mol. The average Bonchev–Trinajstić information content (AvgIpc) is 1.97. The van der Waals surface area contributed by atoms with Crippen LogP contribution >= 0.6 is 0 Å². The molecular formula is C10H20N2O2. The Bertz CT molecular complexity index is 220. The Hall–Kier alpha value is -0.770. The number of ether oxygens (including phenoxy) is 1. The van der Waals surface area contributed by atoms with Crippen LogP contribution in [0.15, 0.2) is 0 Å². The molecule has 0 spiro atoms. The fraction of sp³-hybridized carbons (Fsp3) is 0.900. The van der Waals surface area contributed by atoms with Gasteiger partial charge in [0.1, 0.15) is 0 Å². The molecule has 4 heteroatoms. The molecule has 14 heavy (non-hydrogen) atoms. The zero-order chi connectivity index (χ0) is 11.0. The van der Waals surface area contributed by atoms with Crippen molar-refractivity contribution in [3.63, 3.8) is 0 Å². The van der Waals surface area contributed by atoms with E-state index in [2.05, 4.69) is 5.32 Å². The summed E-state index contributed by atoms with van der Waals surface area (Å²) in [4.78, 5) is 13.3. The molecular weight excluding hydrogens is 180 g/mol. The zero-order valence-corrected chi connectivity index (χ0v) is 9.68. The first-order chi connectivity index (χ1) is 6.26. The number of hydrogen-bond donors (Lipinski definition) is 1. The van der Waals surface area contributed by atoms with Gasteiger partial charge in [0.2, 0.25) is 0 Å². The normalized spacial score (nSPS) is 24.5. The molecule has 2 amide bonds. The molecule has 82 valence electrons. The second-order valence-corrected chi connectivity index (χ2v) is 5.03. The fourth-order valence-electron chi connectivity index (χ4n) is 2.09. The summed E-state index contributed by atoms with van der Waals surface area (Å²) in [5.41, 5.74) is -0.539. The van der Waals surface area contributed by atoms with E-state index in [0.717, 1.165) is 0 Å². The van der Waals surface area contributed by atoms with E-state index in [4.69, 9.17) is 4.74 Å². The Morgan fingerprint density at radius 2 is 1.64 bits per heavy atom. The van der Waals surface area contributed by atoms with Crippen LogP contribution in [0.4, 0.5) is 4.79 Å². The number of hydrogen-bond acceptors (Lipinski definition) is 2. The van der Waals surface area contributed by atoms with Gasteiger partial charge in [0.05, 0.1) is 24.3 Å². The summed E-state index contributed by atoms with van der Waals surface area (Å²) in [7, 11) is 1.65. The molecule has 0 unspecified atom stereocenters. The Morgan fingerprint density at radius 3 is 2.00 bits per heavy atom. The Labute approximate surface area is 85.6 Å². The second-order valence-electron chi connectivity index (χ2n) is 5.03. The lowest BCUT2D eigenvalue weighted by Crippen LogP contribution is -2.60. The van der Waals surface area contributed by atoms with Crippen molar-refractivity contribution in [1.82, 2.24) is 10.2 Å². The third-order valence-corrected chi connectivity index (χ3v) is 2.20. The molecule has 1 saturated heterocycles. The first kappa shape index (κ1) is 11.3. The standard InChI is InChI=1S/C10H20N2O2/c1-9(2)6-12(8(13)11-5)7-10(3,4)14-9/h6-7H2,1-5H3,(H,11,13). The monoisotopic (exact) mass is 200 g/mol. The van der Waals surface area contributed by atoms with E-state index in [1.54, 1.807) is 11.9 Å². The van der Waals surface area contributed by atoms with Crippen LogP contribution in [0, 0.1) is 0 Å². The summed E-state index contributed by atoms with van der Waals surface area (Å²) in [6.45, 7) is 9.29. The number of morpholine rings is 1. The lowest BCUT2D eigenvalue weighted by Gasteiger charge is -2.46. The third-order valence-electron chi connectivity index (χ3n) is 2.20. The molecule has 0 bridgehead atoms. The molecule has 1 heterocycles. The van der Waals surface area contributed by atoms with Crippen molar-refractivity contribution in [3.05, 3.63) is 0 Å². The van der Waals surface area contributed by atoms with E-state index >= 15 is 0 Å². The summed E-state index contributed by atoms with van der Waals surface area (Å²) in [5, 5.41) is 2.64. The van der Waals surface area contributed by atoms with E-state index in [9.17, 15) is 4.79 Å². The fourth-order valence-corrected chi connectivity index (χ4v) is 2.09. The lowest BCUT2D eigenvalue weighted by molar-refractivity contribution is -0.170. The average molecular weight is 200 g/mol. The summed E-state index contributed by atoms with van der Waals surface area (Å²) in [5.74, 6) is 0. The number of carbonyl (C=O) groups excluding carboxylic acids is 1.